The molecule has 1 radical (unpaired) electrons. The molecule has 0 atom stereocenters. The van der Waals surface area contributed by atoms with Gasteiger partial charge in [0.1, 0.15) is 11.2 Å². The van der Waals surface area contributed by atoms with E-state index in [0.29, 0.717) is 17.6 Å². The van der Waals surface area contributed by atoms with Crippen molar-refractivity contribution < 1.29 is 15.4 Å². The fraction of sp³-hybridized carbons (Fsp3) is 0.250. The van der Waals surface area contributed by atoms with Gasteiger partial charge in [-0.1, -0.05) is 0 Å². The van der Waals surface area contributed by atoms with Crippen LogP contribution in [0.3, 0.4) is 0 Å². The topological polar surface area (TPSA) is 104 Å². The van der Waals surface area contributed by atoms with E-state index in [9.17, 15) is 9.59 Å². The molecule has 0 fully saturated rings. The van der Waals surface area contributed by atoms with E-state index in [1.165, 1.54) is 6.20 Å². The quantitative estimate of drug-likeness (QED) is 0.790. The standard InChI is InChI=1S/C12H12N2O3.Na.H2O/c1-3-14-6-9(12(16)17)10(15)8-5-4-7(2)13-11(8)14;;/h4-6H,3H2,1-2H3,(H,16,17);;1H2. The summed E-state index contributed by atoms with van der Waals surface area (Å²) < 4.78 is 1.67. The third kappa shape index (κ3) is 3.22. The Balaban J connectivity index is 0.00000162. The van der Waals surface area contributed by atoms with E-state index in [1.54, 1.807) is 16.7 Å². The first-order valence-corrected chi connectivity index (χ1v) is 5.28. The summed E-state index contributed by atoms with van der Waals surface area (Å²) >= 11 is 0. The van der Waals surface area contributed by atoms with Gasteiger partial charge in [0, 0.05) is 48.0 Å². The maximum absolute atomic E-state index is 11.9. The van der Waals surface area contributed by atoms with E-state index >= 15 is 0 Å². The summed E-state index contributed by atoms with van der Waals surface area (Å²) in [5.41, 5.74) is 0.624. The molecular formula is C12H14N2NaO4. The maximum Gasteiger partial charge on any atom is 0.341 e. The zero-order chi connectivity index (χ0) is 12.6. The van der Waals surface area contributed by atoms with E-state index in [0.717, 1.165) is 5.69 Å². The Morgan fingerprint density at radius 2 is 2.05 bits per heavy atom. The van der Waals surface area contributed by atoms with Crippen molar-refractivity contribution in [3.8, 4) is 0 Å². The summed E-state index contributed by atoms with van der Waals surface area (Å²) in [6, 6.07) is 3.33. The van der Waals surface area contributed by atoms with Crippen LogP contribution in [0.25, 0.3) is 11.0 Å². The number of carboxylic acid groups (broad SMARTS) is 1. The Morgan fingerprint density at radius 1 is 1.42 bits per heavy atom. The largest absolute Gasteiger partial charge is 0.477 e. The van der Waals surface area contributed by atoms with Gasteiger partial charge in [0.15, 0.2) is 0 Å². The van der Waals surface area contributed by atoms with Crippen molar-refractivity contribution in [2.24, 2.45) is 0 Å². The minimum absolute atomic E-state index is 0. The van der Waals surface area contributed by atoms with Crippen molar-refractivity contribution in [1.29, 1.82) is 0 Å². The van der Waals surface area contributed by atoms with Gasteiger partial charge in [-0.2, -0.15) is 0 Å². The van der Waals surface area contributed by atoms with Crippen LogP contribution in [0.4, 0.5) is 0 Å². The molecule has 0 amide bonds. The number of aromatic nitrogens is 2. The maximum atomic E-state index is 11.9. The number of fused-ring (bicyclic) bond motifs is 1. The normalized spacial score (nSPS) is 9.58. The molecule has 2 aromatic rings. The van der Waals surface area contributed by atoms with Gasteiger partial charge in [0.05, 0.1) is 5.39 Å². The number of rotatable bonds is 2. The van der Waals surface area contributed by atoms with Gasteiger partial charge >= 0.3 is 5.97 Å². The first kappa shape index (κ1) is 17.8. The SMILES string of the molecule is CCn1cc(C(=O)O)c(=O)c2ccc(C)nc21.O.[Na]. The average molecular weight is 273 g/mol. The van der Waals surface area contributed by atoms with Gasteiger partial charge in [-0.15, -0.1) is 0 Å². The molecule has 2 rings (SSSR count). The molecule has 0 aliphatic heterocycles. The van der Waals surface area contributed by atoms with Gasteiger partial charge in [0.25, 0.3) is 0 Å². The van der Waals surface area contributed by atoms with Crippen molar-refractivity contribution in [3.63, 3.8) is 0 Å². The second kappa shape index (κ2) is 6.81. The molecular weight excluding hydrogens is 259 g/mol. The summed E-state index contributed by atoms with van der Waals surface area (Å²) in [4.78, 5) is 27.2. The smallest absolute Gasteiger partial charge is 0.341 e. The van der Waals surface area contributed by atoms with E-state index < -0.39 is 11.4 Å². The summed E-state index contributed by atoms with van der Waals surface area (Å²) in [5.74, 6) is -1.21. The molecule has 97 valence electrons. The molecule has 3 N–H and O–H groups in total. The van der Waals surface area contributed by atoms with E-state index in [-0.39, 0.29) is 40.6 Å². The molecule has 0 unspecified atom stereocenters. The van der Waals surface area contributed by atoms with Crippen LogP contribution in [0.5, 0.6) is 0 Å². The molecule has 0 saturated heterocycles. The Kier molecular flexibility index (Phi) is 6.38. The first-order chi connectivity index (χ1) is 8.04. The molecule has 0 spiro atoms. The van der Waals surface area contributed by atoms with E-state index in [1.807, 2.05) is 13.8 Å². The predicted octanol–water partition coefficient (Wildman–Crippen LogP) is 0.218. The monoisotopic (exact) mass is 273 g/mol. The second-order valence-electron chi connectivity index (χ2n) is 3.79. The van der Waals surface area contributed by atoms with Gasteiger partial charge < -0.3 is 15.1 Å². The number of pyridine rings is 2. The van der Waals surface area contributed by atoms with E-state index in [2.05, 4.69) is 4.98 Å². The van der Waals surface area contributed by atoms with Gasteiger partial charge in [-0.25, -0.2) is 9.78 Å². The van der Waals surface area contributed by atoms with Crippen LogP contribution in [0.2, 0.25) is 0 Å². The number of nitrogens with zero attached hydrogens (tertiary/aromatic N) is 2. The third-order valence-electron chi connectivity index (χ3n) is 2.63. The molecule has 2 aromatic heterocycles. The molecule has 19 heavy (non-hydrogen) atoms. The molecule has 2 heterocycles. The van der Waals surface area contributed by atoms with Crippen LogP contribution >= 0.6 is 0 Å². The van der Waals surface area contributed by atoms with Crippen molar-refractivity contribution >= 4 is 46.6 Å². The average Bonchev–Trinajstić information content (AvgIpc) is 2.29. The summed E-state index contributed by atoms with van der Waals surface area (Å²) in [6.07, 6.45) is 1.35. The zero-order valence-electron chi connectivity index (χ0n) is 11.1. The van der Waals surface area contributed by atoms with Crippen molar-refractivity contribution in [2.75, 3.05) is 0 Å². The molecule has 0 aromatic carbocycles. The Bertz CT molecular complexity index is 667. The predicted molar refractivity (Wildman–Crippen MR) is 72.7 cm³/mol. The van der Waals surface area contributed by atoms with Crippen molar-refractivity contribution in [1.82, 2.24) is 9.55 Å². The first-order valence-electron chi connectivity index (χ1n) is 5.28. The molecule has 6 nitrogen and oxygen atoms in total. The Hall–Kier alpha value is -1.21. The summed E-state index contributed by atoms with van der Waals surface area (Å²) in [5, 5.41) is 9.31. The minimum Gasteiger partial charge on any atom is -0.477 e. The van der Waals surface area contributed by atoms with Gasteiger partial charge in [-0.3, -0.25) is 4.79 Å². The Morgan fingerprint density at radius 3 is 2.58 bits per heavy atom. The van der Waals surface area contributed by atoms with Crippen LogP contribution < -0.4 is 5.43 Å². The van der Waals surface area contributed by atoms with Crippen LogP contribution in [0.15, 0.2) is 23.1 Å². The molecule has 0 aliphatic rings. The number of aromatic carboxylic acids is 1. The van der Waals surface area contributed by atoms with Crippen LogP contribution in [0.1, 0.15) is 23.0 Å². The van der Waals surface area contributed by atoms with Crippen molar-refractivity contribution in [3.05, 3.63) is 39.8 Å². The zero-order valence-corrected chi connectivity index (χ0v) is 13.1. The second-order valence-corrected chi connectivity index (χ2v) is 3.79. The molecule has 7 heteroatoms. The van der Waals surface area contributed by atoms with Crippen LogP contribution in [0, 0.1) is 6.92 Å². The summed E-state index contributed by atoms with van der Waals surface area (Å²) in [7, 11) is 0. The number of carboxylic acids is 1. The third-order valence-corrected chi connectivity index (χ3v) is 2.63. The number of hydrogen-bond donors (Lipinski definition) is 1. The minimum atomic E-state index is -1.21. The summed E-state index contributed by atoms with van der Waals surface area (Å²) in [6.45, 7) is 4.27. The number of aryl methyl sites for hydroxylation is 2. The van der Waals surface area contributed by atoms with Crippen LogP contribution in [-0.4, -0.2) is 55.7 Å². The molecule has 0 aliphatic carbocycles. The fourth-order valence-corrected chi connectivity index (χ4v) is 1.75. The van der Waals surface area contributed by atoms with Crippen LogP contribution in [-0.2, 0) is 6.54 Å². The molecule has 0 saturated carbocycles. The van der Waals surface area contributed by atoms with Gasteiger partial charge in [-0.05, 0) is 26.0 Å². The molecule has 0 bridgehead atoms. The van der Waals surface area contributed by atoms with Gasteiger partial charge in [0.2, 0.25) is 5.43 Å². The number of carbonyl (C=O) groups is 1. The van der Waals surface area contributed by atoms with E-state index in [4.69, 9.17) is 5.11 Å². The fourth-order valence-electron chi connectivity index (χ4n) is 1.75. The number of hydrogen-bond acceptors (Lipinski definition) is 3. The van der Waals surface area contributed by atoms with Crippen molar-refractivity contribution in [2.45, 2.75) is 20.4 Å². The Labute approximate surface area is 131 Å².